The van der Waals surface area contributed by atoms with E-state index in [1.165, 1.54) is 0 Å². The van der Waals surface area contributed by atoms with Gasteiger partial charge < -0.3 is 0 Å². The van der Waals surface area contributed by atoms with Crippen LogP contribution in [0.3, 0.4) is 0 Å². The zero-order chi connectivity index (χ0) is 7.84. The van der Waals surface area contributed by atoms with E-state index in [0.29, 0.717) is 5.92 Å². The first-order valence-electron chi connectivity index (χ1n) is 3.77. The van der Waals surface area contributed by atoms with E-state index in [-0.39, 0.29) is 5.91 Å². The molecule has 11 heavy (non-hydrogen) atoms. The minimum absolute atomic E-state index is 0.264. The highest BCUT2D eigenvalue weighted by Crippen LogP contribution is 2.33. The number of thioether (sulfide) groups is 1. The van der Waals surface area contributed by atoms with Gasteiger partial charge in [-0.1, -0.05) is 24.0 Å². The van der Waals surface area contributed by atoms with Crippen molar-refractivity contribution in [3.8, 4) is 0 Å². The fourth-order valence-corrected chi connectivity index (χ4v) is 2.36. The Morgan fingerprint density at radius 1 is 1.64 bits per heavy atom. The van der Waals surface area contributed by atoms with Gasteiger partial charge in [0.05, 0.1) is 0 Å². The molecule has 0 aromatic heterocycles. The quantitative estimate of drug-likeness (QED) is 0.576. The predicted molar refractivity (Wildman–Crippen MR) is 49.5 cm³/mol. The molecule has 0 atom stereocenters. The summed E-state index contributed by atoms with van der Waals surface area (Å²) in [5.74, 6) is 1.56. The summed E-state index contributed by atoms with van der Waals surface area (Å²) in [7, 11) is 0. The third kappa shape index (κ3) is 1.42. The number of thiocarbonyl (C=S) groups is 1. The van der Waals surface area contributed by atoms with Crippen LogP contribution in [-0.2, 0) is 4.79 Å². The minimum Gasteiger partial charge on any atom is -0.297 e. The summed E-state index contributed by atoms with van der Waals surface area (Å²) >= 11 is 6.65. The van der Waals surface area contributed by atoms with Gasteiger partial charge in [-0.25, -0.2) is 0 Å². The zero-order valence-electron chi connectivity index (χ0n) is 6.08. The van der Waals surface area contributed by atoms with Crippen molar-refractivity contribution in [3.05, 3.63) is 0 Å². The van der Waals surface area contributed by atoms with E-state index in [9.17, 15) is 4.79 Å². The molecule has 2 fully saturated rings. The van der Waals surface area contributed by atoms with Crippen LogP contribution in [0.25, 0.3) is 0 Å². The molecule has 0 N–H and O–H groups in total. The number of nitrogens with zero attached hydrogens (tertiary/aromatic N) is 1. The van der Waals surface area contributed by atoms with E-state index >= 15 is 0 Å². The first-order valence-corrected chi connectivity index (χ1v) is 5.16. The highest BCUT2D eigenvalue weighted by Gasteiger charge is 2.36. The van der Waals surface area contributed by atoms with E-state index in [1.807, 2.05) is 0 Å². The van der Waals surface area contributed by atoms with Gasteiger partial charge in [-0.2, -0.15) is 0 Å². The van der Waals surface area contributed by atoms with Crippen molar-refractivity contribution < 1.29 is 4.79 Å². The molecule has 0 bridgehead atoms. The number of carbonyl (C=O) groups is 1. The van der Waals surface area contributed by atoms with E-state index in [1.54, 1.807) is 16.7 Å². The predicted octanol–water partition coefficient (Wildman–Crippen LogP) is 1.26. The molecule has 1 aliphatic heterocycles. The monoisotopic (exact) mass is 187 g/mol. The van der Waals surface area contributed by atoms with Gasteiger partial charge in [0.25, 0.3) is 0 Å². The zero-order valence-corrected chi connectivity index (χ0v) is 7.71. The number of amides is 1. The van der Waals surface area contributed by atoms with Gasteiger partial charge >= 0.3 is 0 Å². The lowest BCUT2D eigenvalue weighted by molar-refractivity contribution is -0.128. The van der Waals surface area contributed by atoms with Crippen LogP contribution in [0.4, 0.5) is 0 Å². The molecule has 0 spiro atoms. The standard InChI is InChI=1S/C7H9NOS2/c9-6(5-1-2-5)8-3-4-11-7(8)10/h5H,1-4H2. The molecule has 0 radical (unpaired) electrons. The van der Waals surface area contributed by atoms with E-state index in [4.69, 9.17) is 12.2 Å². The van der Waals surface area contributed by atoms with Crippen LogP contribution in [0.15, 0.2) is 0 Å². The van der Waals surface area contributed by atoms with Crippen molar-refractivity contribution >= 4 is 34.2 Å². The van der Waals surface area contributed by atoms with Gasteiger partial charge in [0.1, 0.15) is 4.32 Å². The molecule has 1 saturated heterocycles. The minimum atomic E-state index is 0.264. The average Bonchev–Trinajstić information content (AvgIpc) is 2.74. The Hall–Kier alpha value is -0.0900. The van der Waals surface area contributed by atoms with Crippen molar-refractivity contribution in [1.82, 2.24) is 4.90 Å². The highest BCUT2D eigenvalue weighted by molar-refractivity contribution is 8.23. The number of hydrogen-bond acceptors (Lipinski definition) is 3. The fourth-order valence-electron chi connectivity index (χ4n) is 1.14. The molecule has 0 aromatic carbocycles. The summed E-state index contributed by atoms with van der Waals surface area (Å²) in [4.78, 5) is 13.2. The smallest absolute Gasteiger partial charge is 0.231 e. The van der Waals surface area contributed by atoms with Crippen molar-refractivity contribution in [1.29, 1.82) is 0 Å². The number of rotatable bonds is 1. The molecule has 1 heterocycles. The van der Waals surface area contributed by atoms with Gasteiger partial charge in [0.2, 0.25) is 5.91 Å². The molecule has 2 aliphatic rings. The normalized spacial score (nSPS) is 24.4. The van der Waals surface area contributed by atoms with Crippen molar-refractivity contribution in [2.24, 2.45) is 5.92 Å². The lowest BCUT2D eigenvalue weighted by atomic mass is 10.4. The maximum Gasteiger partial charge on any atom is 0.231 e. The highest BCUT2D eigenvalue weighted by atomic mass is 32.2. The maximum atomic E-state index is 11.4. The first kappa shape index (κ1) is 7.55. The summed E-state index contributed by atoms with van der Waals surface area (Å²) < 4.78 is 0.780. The SMILES string of the molecule is O=C(C1CC1)N1CCSC1=S. The third-order valence-corrected chi connectivity index (χ3v) is 3.38. The van der Waals surface area contributed by atoms with Crippen LogP contribution in [0, 0.1) is 5.92 Å². The van der Waals surface area contributed by atoms with E-state index < -0.39 is 0 Å². The summed E-state index contributed by atoms with van der Waals surface area (Å²) in [6.45, 7) is 0.832. The Bertz CT molecular complexity index is 212. The van der Waals surface area contributed by atoms with Gasteiger partial charge in [0.15, 0.2) is 0 Å². The number of hydrogen-bond donors (Lipinski definition) is 0. The Morgan fingerprint density at radius 2 is 2.36 bits per heavy atom. The Morgan fingerprint density at radius 3 is 2.82 bits per heavy atom. The topological polar surface area (TPSA) is 20.3 Å². The van der Waals surface area contributed by atoms with Crippen molar-refractivity contribution in [3.63, 3.8) is 0 Å². The van der Waals surface area contributed by atoms with Gasteiger partial charge in [-0.15, -0.1) is 0 Å². The largest absolute Gasteiger partial charge is 0.297 e. The Labute approximate surface area is 75.3 Å². The lowest BCUT2D eigenvalue weighted by Gasteiger charge is -2.13. The molecule has 4 heteroatoms. The summed E-state index contributed by atoms with van der Waals surface area (Å²) in [6.07, 6.45) is 2.14. The second-order valence-electron chi connectivity index (χ2n) is 2.88. The van der Waals surface area contributed by atoms with Crippen LogP contribution in [0.1, 0.15) is 12.8 Å². The Balaban J connectivity index is 2.02. The van der Waals surface area contributed by atoms with Crippen LogP contribution < -0.4 is 0 Å². The first-order chi connectivity index (χ1) is 5.29. The molecular weight excluding hydrogens is 178 g/mol. The van der Waals surface area contributed by atoms with Crippen molar-refractivity contribution in [2.45, 2.75) is 12.8 Å². The summed E-state index contributed by atoms with van der Waals surface area (Å²) in [5, 5.41) is 0. The summed E-state index contributed by atoms with van der Waals surface area (Å²) in [6, 6.07) is 0. The molecule has 2 rings (SSSR count). The number of carbonyl (C=O) groups excluding carboxylic acids is 1. The van der Waals surface area contributed by atoms with Gasteiger partial charge in [-0.3, -0.25) is 9.69 Å². The fraction of sp³-hybridized carbons (Fsp3) is 0.714. The van der Waals surface area contributed by atoms with Gasteiger partial charge in [0, 0.05) is 18.2 Å². The summed E-state index contributed by atoms with van der Waals surface area (Å²) in [5.41, 5.74) is 0. The molecule has 1 amide bonds. The van der Waals surface area contributed by atoms with Crippen LogP contribution >= 0.6 is 24.0 Å². The molecule has 60 valence electrons. The van der Waals surface area contributed by atoms with Crippen LogP contribution in [0.2, 0.25) is 0 Å². The van der Waals surface area contributed by atoms with Gasteiger partial charge in [-0.05, 0) is 12.8 Å². The molecule has 0 unspecified atom stereocenters. The average molecular weight is 187 g/mol. The third-order valence-electron chi connectivity index (χ3n) is 1.95. The molecule has 2 nitrogen and oxygen atoms in total. The second kappa shape index (κ2) is 2.75. The van der Waals surface area contributed by atoms with E-state index in [2.05, 4.69) is 0 Å². The molecule has 1 aliphatic carbocycles. The van der Waals surface area contributed by atoms with Crippen LogP contribution in [-0.4, -0.2) is 27.4 Å². The van der Waals surface area contributed by atoms with Crippen molar-refractivity contribution in [2.75, 3.05) is 12.3 Å². The molecule has 1 saturated carbocycles. The van der Waals surface area contributed by atoms with Crippen LogP contribution in [0.5, 0.6) is 0 Å². The second-order valence-corrected chi connectivity index (χ2v) is 4.61. The Kier molecular flexibility index (Phi) is 1.89. The molecular formula is C7H9NOS2. The lowest BCUT2D eigenvalue weighted by Crippen LogP contribution is -2.31. The molecule has 0 aromatic rings. The van der Waals surface area contributed by atoms with E-state index in [0.717, 1.165) is 29.5 Å². The maximum absolute atomic E-state index is 11.4.